The zero-order valence-electron chi connectivity index (χ0n) is 17.6. The Hall–Kier alpha value is -0.0400. The van der Waals surface area contributed by atoms with E-state index in [1.807, 2.05) is 0 Å². The van der Waals surface area contributed by atoms with Gasteiger partial charge in [-0.05, 0) is 62.3 Å². The first-order valence-electron chi connectivity index (χ1n) is 9.25. The molecule has 1 nitrogen and oxygen atoms in total. The average Bonchev–Trinajstić information content (AvgIpc) is 2.22. The molecule has 1 aliphatic rings. The van der Waals surface area contributed by atoms with Gasteiger partial charge in [0.25, 0.3) is 0 Å². The minimum atomic E-state index is 0.189. The number of nitrogens with zero attached hydrogens (tertiary/aromatic N) is 1. The third-order valence-corrected chi connectivity index (χ3v) is 5.95. The van der Waals surface area contributed by atoms with Crippen LogP contribution in [-0.4, -0.2) is 22.5 Å². The lowest BCUT2D eigenvalue weighted by molar-refractivity contribution is -0.204. The molecule has 0 aliphatic carbocycles. The van der Waals surface area contributed by atoms with Gasteiger partial charge < -0.3 is 0 Å². The molecule has 0 aromatic heterocycles. The Labute approximate surface area is 141 Å². The molecule has 0 amide bonds. The largest absolute Gasteiger partial charge is 0.291 e. The Morgan fingerprint density at radius 3 is 1.41 bits per heavy atom. The lowest BCUT2D eigenvalue weighted by Gasteiger charge is -2.70. The summed E-state index contributed by atoms with van der Waals surface area (Å²) in [5.41, 5.74) is 1.18. The highest BCUT2D eigenvalue weighted by Crippen LogP contribution is 2.61. The Kier molecular flexibility index (Phi) is 5.00. The van der Waals surface area contributed by atoms with E-state index in [2.05, 4.69) is 88.0 Å². The molecule has 1 saturated heterocycles. The molecule has 22 heavy (non-hydrogen) atoms. The topological polar surface area (TPSA) is 3.24 Å². The third-order valence-electron chi connectivity index (χ3n) is 5.95. The molecule has 0 bridgehead atoms. The lowest BCUT2D eigenvalue weighted by Crippen LogP contribution is -2.75. The van der Waals surface area contributed by atoms with Gasteiger partial charge in [-0.1, -0.05) is 62.3 Å². The Balaban J connectivity index is 3.74. The molecule has 1 aliphatic heterocycles. The van der Waals surface area contributed by atoms with Crippen LogP contribution in [0.25, 0.3) is 0 Å². The van der Waals surface area contributed by atoms with Crippen molar-refractivity contribution >= 4 is 0 Å². The summed E-state index contributed by atoms with van der Waals surface area (Å²) in [4.78, 5) is 2.87. The van der Waals surface area contributed by atoms with Gasteiger partial charge in [0.05, 0.1) is 0 Å². The van der Waals surface area contributed by atoms with Crippen LogP contribution in [0.4, 0.5) is 0 Å². The zero-order valence-corrected chi connectivity index (χ0v) is 17.6. The molecule has 0 radical (unpaired) electrons. The number of rotatable bonds is 0. The van der Waals surface area contributed by atoms with E-state index in [-0.39, 0.29) is 21.9 Å². The maximum Gasteiger partial charge on any atom is 0.0344 e. The van der Waals surface area contributed by atoms with Crippen molar-refractivity contribution in [2.75, 3.05) is 6.54 Å². The molecule has 132 valence electrons. The lowest BCUT2D eigenvalue weighted by atomic mass is 9.46. The first-order chi connectivity index (χ1) is 9.47. The average molecular weight is 310 g/mol. The van der Waals surface area contributed by atoms with Gasteiger partial charge in [-0.3, -0.25) is 4.90 Å². The van der Waals surface area contributed by atoms with Crippen LogP contribution in [0.1, 0.15) is 95.9 Å². The maximum absolute atomic E-state index is 2.87. The monoisotopic (exact) mass is 309 g/mol. The molecule has 1 rings (SSSR count). The van der Waals surface area contributed by atoms with Crippen molar-refractivity contribution < 1.29 is 0 Å². The van der Waals surface area contributed by atoms with Crippen molar-refractivity contribution in [2.45, 2.75) is 107 Å². The highest BCUT2D eigenvalue weighted by molar-refractivity contribution is 5.16. The predicted molar refractivity (Wildman–Crippen MR) is 100 cm³/mol. The van der Waals surface area contributed by atoms with Gasteiger partial charge in [0.2, 0.25) is 0 Å². The Morgan fingerprint density at radius 1 is 0.727 bits per heavy atom. The van der Waals surface area contributed by atoms with E-state index in [0.717, 1.165) is 0 Å². The second-order valence-corrected chi connectivity index (χ2v) is 11.6. The van der Waals surface area contributed by atoms with Gasteiger partial charge in [0, 0.05) is 11.1 Å². The van der Waals surface area contributed by atoms with Crippen LogP contribution in [-0.2, 0) is 0 Å². The van der Waals surface area contributed by atoms with Crippen LogP contribution < -0.4 is 0 Å². The Bertz CT molecular complexity index is 340. The molecule has 1 atom stereocenters. The van der Waals surface area contributed by atoms with Gasteiger partial charge in [-0.15, -0.1) is 0 Å². The van der Waals surface area contributed by atoms with Gasteiger partial charge in [0.1, 0.15) is 0 Å². The van der Waals surface area contributed by atoms with Crippen LogP contribution in [0.3, 0.4) is 0 Å². The quantitative estimate of drug-likeness (QED) is 0.502. The van der Waals surface area contributed by atoms with Gasteiger partial charge in [-0.25, -0.2) is 0 Å². The van der Waals surface area contributed by atoms with Crippen LogP contribution >= 0.6 is 0 Å². The van der Waals surface area contributed by atoms with E-state index >= 15 is 0 Å². The van der Waals surface area contributed by atoms with E-state index in [1.165, 1.54) is 19.4 Å². The molecule has 1 unspecified atom stereocenters. The molecule has 0 aromatic carbocycles. The standard InChI is InChI=1S/C21H43N/c1-17(2,3)16-14-13-15-22(20(10,11)12)21(16,18(4,5)6)19(7,8)9/h16H,13-15H2,1-12H3. The molecular formula is C21H43N. The fourth-order valence-corrected chi connectivity index (χ4v) is 5.93. The summed E-state index contributed by atoms with van der Waals surface area (Å²) in [6, 6.07) is 0. The number of hydrogen-bond acceptors (Lipinski definition) is 1. The fraction of sp³-hybridized carbons (Fsp3) is 1.00. The van der Waals surface area contributed by atoms with E-state index in [9.17, 15) is 0 Å². The SMILES string of the molecule is CC(C)(C)C1CCCN(C(C)(C)C)C1(C(C)(C)C)C(C)(C)C. The highest BCUT2D eigenvalue weighted by atomic mass is 15.3. The van der Waals surface area contributed by atoms with Crippen LogP contribution in [0.5, 0.6) is 0 Å². The van der Waals surface area contributed by atoms with E-state index in [1.54, 1.807) is 0 Å². The van der Waals surface area contributed by atoms with Crippen molar-refractivity contribution in [2.24, 2.45) is 22.2 Å². The molecule has 1 fully saturated rings. The normalized spacial score (nSPS) is 25.4. The molecule has 0 aromatic rings. The van der Waals surface area contributed by atoms with Gasteiger partial charge in [0.15, 0.2) is 0 Å². The summed E-state index contributed by atoms with van der Waals surface area (Å²) < 4.78 is 0. The van der Waals surface area contributed by atoms with E-state index < -0.39 is 0 Å². The smallest absolute Gasteiger partial charge is 0.0344 e. The summed E-state index contributed by atoms with van der Waals surface area (Å²) in [5, 5.41) is 0. The first-order valence-corrected chi connectivity index (χ1v) is 9.25. The third kappa shape index (κ3) is 3.12. The summed E-state index contributed by atoms with van der Waals surface area (Å²) >= 11 is 0. The zero-order chi connectivity index (χ0) is 17.8. The van der Waals surface area contributed by atoms with Crippen LogP contribution in [0.2, 0.25) is 0 Å². The maximum atomic E-state index is 2.87. The predicted octanol–water partition coefficient (Wildman–Crippen LogP) is 6.37. The van der Waals surface area contributed by atoms with Crippen LogP contribution in [0, 0.1) is 22.2 Å². The molecule has 0 N–H and O–H groups in total. The summed E-state index contributed by atoms with van der Waals surface area (Å²) in [7, 11) is 0. The summed E-state index contributed by atoms with van der Waals surface area (Å²) in [5.74, 6) is 0.702. The second kappa shape index (κ2) is 5.50. The fourth-order valence-electron chi connectivity index (χ4n) is 5.93. The van der Waals surface area contributed by atoms with Gasteiger partial charge >= 0.3 is 0 Å². The minimum absolute atomic E-state index is 0.189. The van der Waals surface area contributed by atoms with Crippen molar-refractivity contribution in [3.8, 4) is 0 Å². The molecule has 1 heterocycles. The number of hydrogen-bond donors (Lipinski definition) is 0. The summed E-state index contributed by atoms with van der Waals surface area (Å²) in [6.45, 7) is 30.7. The molecule has 1 heteroatoms. The van der Waals surface area contributed by atoms with Crippen LogP contribution in [0.15, 0.2) is 0 Å². The van der Waals surface area contributed by atoms with Crippen molar-refractivity contribution in [3.63, 3.8) is 0 Å². The van der Waals surface area contributed by atoms with E-state index in [0.29, 0.717) is 11.3 Å². The molecular weight excluding hydrogens is 266 g/mol. The highest BCUT2D eigenvalue weighted by Gasteiger charge is 2.63. The minimum Gasteiger partial charge on any atom is -0.291 e. The molecule has 0 spiro atoms. The molecule has 0 saturated carbocycles. The van der Waals surface area contributed by atoms with E-state index in [4.69, 9.17) is 0 Å². The first kappa shape index (κ1) is 20.0. The summed E-state index contributed by atoms with van der Waals surface area (Å²) in [6.07, 6.45) is 2.68. The second-order valence-electron chi connectivity index (χ2n) is 11.6. The van der Waals surface area contributed by atoms with Crippen molar-refractivity contribution in [1.29, 1.82) is 0 Å². The van der Waals surface area contributed by atoms with Crippen molar-refractivity contribution in [3.05, 3.63) is 0 Å². The number of likely N-dealkylation sites (tertiary alicyclic amines) is 1. The van der Waals surface area contributed by atoms with Gasteiger partial charge in [-0.2, -0.15) is 0 Å². The van der Waals surface area contributed by atoms with Crippen molar-refractivity contribution in [1.82, 2.24) is 4.90 Å². The number of piperidine rings is 1. The Morgan fingerprint density at radius 2 is 1.14 bits per heavy atom.